The first-order valence-corrected chi connectivity index (χ1v) is 27.4. The Morgan fingerprint density at radius 1 is 1.00 bits per heavy atom. The second kappa shape index (κ2) is 21.6. The number of esters is 1. The van der Waals surface area contributed by atoms with Crippen molar-refractivity contribution in [1.29, 1.82) is 0 Å². The maximum absolute atomic E-state index is 15.1. The van der Waals surface area contributed by atoms with Crippen molar-refractivity contribution < 1.29 is 38.5 Å². The number of carbonyl (C=O) groups excluding carboxylic acids is 4. The molecule has 1 aliphatic carbocycles. The fourth-order valence-corrected chi connectivity index (χ4v) is 12.4. The first-order chi connectivity index (χ1) is 36.4. The number of methoxy groups -OCH3 is 1. The van der Waals surface area contributed by atoms with E-state index in [1.807, 2.05) is 63.4 Å². The Balaban J connectivity index is 1.05. The number of amides is 3. The molecular formula is C60H76N8O8. The Hall–Kier alpha value is -6.33. The summed E-state index contributed by atoms with van der Waals surface area (Å²) in [7, 11) is 5.49. The van der Waals surface area contributed by atoms with Crippen LogP contribution in [0.15, 0.2) is 79.0 Å². The number of pyridine rings is 1. The first kappa shape index (κ1) is 53.1. The standard InChI is InChI=1S/C60H76N8O8/c1-10-67-50-17-16-39-28-46(50)48(54(67)47-30-42(32-61-51(47)36(4)74-9)66-21-19-64(7)20-22-66)31-60(5,6)34-76-59(73)52-45-29-41(45)33-68(63-52)57(71)49(26-37-24-40(39)27-43(69)25-37)62-56(70)53(35(2)3)65(8)58(72)55-44(18-23-75-55)38-14-12-11-13-15-38/h11-17,24-25,27-28,30,32,35-36,41,44-45,49,52-53,55,63,69H,10,18-23,26,29,31,33-34H2,1-9H3,(H,62,70)/t36-,41-,44+,45-,49-,52-,53-,55+/m0/s1. The number of phenolic OH excluding ortho intramolecular Hbond substituents is 1. The van der Waals surface area contributed by atoms with Crippen LogP contribution in [0.25, 0.3) is 33.3 Å². The summed E-state index contributed by atoms with van der Waals surface area (Å²) in [6, 6.07) is 20.9. The third-order valence-corrected chi connectivity index (χ3v) is 16.7. The highest BCUT2D eigenvalue weighted by atomic mass is 16.5. The van der Waals surface area contributed by atoms with Crippen LogP contribution in [0.2, 0.25) is 0 Å². The largest absolute Gasteiger partial charge is 0.508 e. The maximum atomic E-state index is 15.1. The zero-order chi connectivity index (χ0) is 53.7. The lowest BCUT2D eigenvalue weighted by molar-refractivity contribution is -0.156. The van der Waals surface area contributed by atoms with Gasteiger partial charge in [0.25, 0.3) is 11.8 Å². The molecule has 10 rings (SSSR count). The maximum Gasteiger partial charge on any atom is 0.325 e. The number of fused-ring (bicyclic) bond motifs is 8. The number of rotatable bonds is 11. The van der Waals surface area contributed by atoms with Crippen molar-refractivity contribution in [2.75, 3.05) is 72.0 Å². The molecule has 2 aromatic heterocycles. The number of nitrogens with zero attached hydrogens (tertiary/aromatic N) is 6. The summed E-state index contributed by atoms with van der Waals surface area (Å²) in [4.78, 5) is 70.1. The molecule has 3 amide bonds. The number of phenols is 1. The number of hydrogen-bond donors (Lipinski definition) is 3. The molecule has 16 heteroatoms. The predicted octanol–water partition coefficient (Wildman–Crippen LogP) is 7.12. The molecule has 16 nitrogen and oxygen atoms in total. The van der Waals surface area contributed by atoms with E-state index in [1.54, 1.807) is 26.3 Å². The molecule has 1 saturated carbocycles. The van der Waals surface area contributed by atoms with Crippen LogP contribution in [0.1, 0.15) is 88.8 Å². The van der Waals surface area contributed by atoms with Crippen LogP contribution in [-0.4, -0.2) is 145 Å². The predicted molar refractivity (Wildman–Crippen MR) is 292 cm³/mol. The van der Waals surface area contributed by atoms with Crippen molar-refractivity contribution in [2.45, 2.75) is 110 Å². The highest BCUT2D eigenvalue weighted by molar-refractivity contribution is 5.96. The van der Waals surface area contributed by atoms with Gasteiger partial charge in [-0.15, -0.1) is 0 Å². The molecule has 3 saturated heterocycles. The molecule has 3 N–H and O–H groups in total. The van der Waals surface area contributed by atoms with Crippen molar-refractivity contribution in [3.05, 3.63) is 101 Å². The molecule has 6 bridgehead atoms. The van der Waals surface area contributed by atoms with Crippen molar-refractivity contribution >= 4 is 40.3 Å². The minimum absolute atomic E-state index is 0.00675. The number of anilines is 1. The number of benzene rings is 3. The topological polar surface area (TPSA) is 171 Å². The minimum Gasteiger partial charge on any atom is -0.508 e. The molecule has 6 heterocycles. The molecule has 4 aliphatic heterocycles. The van der Waals surface area contributed by atoms with Gasteiger partial charge in [-0.3, -0.25) is 29.2 Å². The van der Waals surface area contributed by atoms with Crippen LogP contribution in [0, 0.1) is 23.2 Å². The summed E-state index contributed by atoms with van der Waals surface area (Å²) < 4.78 is 20.8. The first-order valence-electron chi connectivity index (χ1n) is 27.4. The number of likely N-dealkylation sites (N-methyl/N-ethyl adjacent to an activating group) is 2. The number of nitrogens with one attached hydrogen (secondary N) is 2. The second-order valence-corrected chi connectivity index (χ2v) is 23.2. The van der Waals surface area contributed by atoms with Crippen molar-refractivity contribution in [3.63, 3.8) is 0 Å². The minimum atomic E-state index is -1.15. The van der Waals surface area contributed by atoms with Crippen LogP contribution in [0.4, 0.5) is 5.69 Å². The van der Waals surface area contributed by atoms with Gasteiger partial charge < -0.3 is 43.9 Å². The summed E-state index contributed by atoms with van der Waals surface area (Å²) in [6.07, 6.45) is 2.86. The van der Waals surface area contributed by atoms with E-state index in [0.29, 0.717) is 38.1 Å². The van der Waals surface area contributed by atoms with E-state index in [1.165, 1.54) is 9.91 Å². The molecule has 0 unspecified atom stereocenters. The number of aryl methyl sites for hydroxylation is 1. The summed E-state index contributed by atoms with van der Waals surface area (Å²) in [5.74, 6) is -2.12. The van der Waals surface area contributed by atoms with Gasteiger partial charge in [0.15, 0.2) is 0 Å². The Morgan fingerprint density at radius 2 is 1.76 bits per heavy atom. The normalized spacial score (nSPS) is 24.7. The fraction of sp³-hybridized carbons (Fsp3) is 0.517. The number of aromatic nitrogens is 2. The summed E-state index contributed by atoms with van der Waals surface area (Å²) in [5.41, 5.74) is 11.9. The Morgan fingerprint density at radius 3 is 2.49 bits per heavy atom. The number of ether oxygens (including phenoxy) is 3. The average molecular weight is 1040 g/mol. The Kier molecular flexibility index (Phi) is 15.1. The molecule has 0 spiro atoms. The van der Waals surface area contributed by atoms with Gasteiger partial charge >= 0.3 is 5.97 Å². The van der Waals surface area contributed by atoms with Crippen LogP contribution in [0.5, 0.6) is 5.75 Å². The SMILES string of the molecule is CCn1c(-c2cc(N3CCN(C)CC3)cnc2[C@H](C)OC)c2c3cc(ccc31)-c1cc(O)cc(c1)C[C@H](NC(=O)[C@H](C(C)C)N(C)C(=O)[C@@H]1OCC[C@@H]1c1ccccc1)C(=O)N1C[C@@H]3C[C@@H]3[C@H](N1)C(=O)OCC(C)(C)C2. The van der Waals surface area contributed by atoms with Gasteiger partial charge in [-0.05, 0) is 116 Å². The highest BCUT2D eigenvalue weighted by Gasteiger charge is 2.53. The molecule has 8 atom stereocenters. The van der Waals surface area contributed by atoms with Crippen molar-refractivity contribution in [3.8, 4) is 28.1 Å². The van der Waals surface area contributed by atoms with E-state index in [9.17, 15) is 19.5 Å². The number of hydrogen-bond acceptors (Lipinski definition) is 12. The third-order valence-electron chi connectivity index (χ3n) is 16.7. The third kappa shape index (κ3) is 10.6. The van der Waals surface area contributed by atoms with Crippen molar-refractivity contribution in [2.24, 2.45) is 23.2 Å². The van der Waals surface area contributed by atoms with Gasteiger partial charge in [-0.1, -0.05) is 70.2 Å². The van der Waals surface area contributed by atoms with Crippen molar-refractivity contribution in [1.82, 2.24) is 35.1 Å². The molecule has 5 aromatic rings. The van der Waals surface area contributed by atoms with E-state index < -0.39 is 47.4 Å². The van der Waals surface area contributed by atoms with Crippen LogP contribution in [-0.2, 0) is 52.8 Å². The Bertz CT molecular complexity index is 2990. The number of carbonyl (C=O) groups is 4. The lowest BCUT2D eigenvalue weighted by Gasteiger charge is -2.37. The molecular weight excluding hydrogens is 961 g/mol. The molecule has 4 fully saturated rings. The average Bonchev–Trinajstić information content (AvgIpc) is 3.96. The lowest BCUT2D eigenvalue weighted by Crippen LogP contribution is -2.63. The molecule has 3 aromatic carbocycles. The summed E-state index contributed by atoms with van der Waals surface area (Å²) in [5, 5.41) is 17.1. The van der Waals surface area contributed by atoms with Crippen LogP contribution < -0.4 is 15.6 Å². The number of piperazine rings is 1. The Labute approximate surface area is 447 Å². The number of aromatic hydroxyl groups is 1. The zero-order valence-electron chi connectivity index (χ0n) is 45.7. The van der Waals surface area contributed by atoms with Gasteiger partial charge in [0.1, 0.15) is 30.0 Å². The molecule has 76 heavy (non-hydrogen) atoms. The van der Waals surface area contributed by atoms with E-state index in [0.717, 1.165) is 88.4 Å². The van der Waals surface area contributed by atoms with Gasteiger partial charge in [0.05, 0.1) is 36.0 Å². The second-order valence-electron chi connectivity index (χ2n) is 23.2. The fourth-order valence-electron chi connectivity index (χ4n) is 12.4. The van der Waals surface area contributed by atoms with E-state index >= 15 is 4.79 Å². The summed E-state index contributed by atoms with van der Waals surface area (Å²) >= 11 is 0. The quantitative estimate of drug-likeness (QED) is 0.115. The highest BCUT2D eigenvalue weighted by Crippen LogP contribution is 2.46. The van der Waals surface area contributed by atoms with Gasteiger partial charge in [-0.25, -0.2) is 5.43 Å². The van der Waals surface area contributed by atoms with Gasteiger partial charge in [-0.2, -0.15) is 0 Å². The number of hydrazine groups is 1. The van der Waals surface area contributed by atoms with Gasteiger partial charge in [0.2, 0.25) is 5.91 Å². The van der Waals surface area contributed by atoms with E-state index in [-0.39, 0.29) is 54.5 Å². The molecule has 0 radical (unpaired) electrons. The monoisotopic (exact) mass is 1040 g/mol. The van der Waals surface area contributed by atoms with Gasteiger partial charge in [0, 0.05) is 94.3 Å². The smallest absolute Gasteiger partial charge is 0.325 e. The van der Waals surface area contributed by atoms with Crippen LogP contribution in [0.3, 0.4) is 0 Å². The molecule has 404 valence electrons. The molecule has 5 aliphatic rings. The van der Waals surface area contributed by atoms with Crippen LogP contribution >= 0.6 is 0 Å². The van der Waals surface area contributed by atoms with E-state index in [2.05, 4.69) is 77.2 Å². The number of cyclic esters (lactones) is 1. The summed E-state index contributed by atoms with van der Waals surface area (Å²) in [6.45, 7) is 17.4. The van der Waals surface area contributed by atoms with E-state index in [4.69, 9.17) is 19.2 Å². The zero-order valence-corrected chi connectivity index (χ0v) is 45.7. The lowest BCUT2D eigenvalue weighted by atomic mass is 9.84.